The van der Waals surface area contributed by atoms with Gasteiger partial charge in [0, 0.05) is 19.1 Å². The van der Waals surface area contributed by atoms with E-state index in [1.165, 1.54) is 45.0 Å². The Morgan fingerprint density at radius 3 is 2.60 bits per heavy atom. The van der Waals surface area contributed by atoms with Gasteiger partial charge in [-0.1, -0.05) is 54.6 Å². The van der Waals surface area contributed by atoms with Crippen LogP contribution in [0, 0.1) is 13.8 Å². The van der Waals surface area contributed by atoms with Crippen LogP contribution in [0.25, 0.3) is 10.8 Å². The maximum Gasteiger partial charge on any atom is 0.0249 e. The van der Waals surface area contributed by atoms with Crippen LogP contribution < -0.4 is 0 Å². The summed E-state index contributed by atoms with van der Waals surface area (Å²) in [7, 11) is 0. The lowest BCUT2D eigenvalue weighted by Crippen LogP contribution is -2.28. The van der Waals surface area contributed by atoms with Crippen molar-refractivity contribution < 1.29 is 0 Å². The number of benzene rings is 3. The molecule has 0 spiro atoms. The van der Waals surface area contributed by atoms with Crippen molar-refractivity contribution in [2.24, 2.45) is 0 Å². The molecule has 1 heteroatoms. The van der Waals surface area contributed by atoms with E-state index in [4.69, 9.17) is 0 Å². The Labute approximate surface area is 151 Å². The summed E-state index contributed by atoms with van der Waals surface area (Å²) in [5.74, 6) is 0. The molecule has 128 valence electrons. The van der Waals surface area contributed by atoms with Crippen molar-refractivity contribution in [3.8, 4) is 0 Å². The summed E-state index contributed by atoms with van der Waals surface area (Å²) in [5, 5.41) is 2.80. The Kier molecular flexibility index (Phi) is 4.35. The van der Waals surface area contributed by atoms with E-state index in [2.05, 4.69) is 80.3 Å². The number of hydrogen-bond acceptors (Lipinski definition) is 1. The van der Waals surface area contributed by atoms with Gasteiger partial charge >= 0.3 is 0 Å². The first-order valence-electron chi connectivity index (χ1n) is 9.41. The summed E-state index contributed by atoms with van der Waals surface area (Å²) < 4.78 is 0. The monoisotopic (exact) mass is 329 g/mol. The highest BCUT2D eigenvalue weighted by molar-refractivity contribution is 5.87. The number of fused-ring (bicyclic) bond motifs is 3. The van der Waals surface area contributed by atoms with Crippen molar-refractivity contribution >= 4 is 10.8 Å². The molecular formula is C24H27N. The van der Waals surface area contributed by atoms with Crippen molar-refractivity contribution in [3.05, 3.63) is 82.4 Å². The minimum atomic E-state index is 0.604. The van der Waals surface area contributed by atoms with Gasteiger partial charge in [-0.15, -0.1) is 0 Å². The average Bonchev–Trinajstić information content (AvgIpc) is 3.07. The summed E-state index contributed by atoms with van der Waals surface area (Å²) in [6.45, 7) is 8.96. The second-order valence-electron chi connectivity index (χ2n) is 7.64. The fourth-order valence-corrected chi connectivity index (χ4v) is 4.02. The van der Waals surface area contributed by atoms with E-state index in [-0.39, 0.29) is 0 Å². The Morgan fingerprint density at radius 2 is 1.76 bits per heavy atom. The zero-order valence-electron chi connectivity index (χ0n) is 15.5. The van der Waals surface area contributed by atoms with E-state index in [1.807, 2.05) is 0 Å². The molecule has 1 heterocycles. The molecule has 0 radical (unpaired) electrons. The molecule has 3 aromatic carbocycles. The zero-order valence-corrected chi connectivity index (χ0v) is 15.5. The lowest BCUT2D eigenvalue weighted by molar-refractivity contribution is 0.203. The van der Waals surface area contributed by atoms with Gasteiger partial charge in [0.05, 0.1) is 0 Å². The van der Waals surface area contributed by atoms with Crippen LogP contribution in [0.5, 0.6) is 0 Å². The van der Waals surface area contributed by atoms with Gasteiger partial charge in [0.2, 0.25) is 0 Å². The summed E-state index contributed by atoms with van der Waals surface area (Å²) in [6, 6.07) is 20.9. The Hall–Kier alpha value is -2.12. The molecule has 1 aliphatic rings. The molecule has 1 unspecified atom stereocenters. The van der Waals surface area contributed by atoms with Crippen LogP contribution in [0.2, 0.25) is 0 Å². The predicted molar refractivity (Wildman–Crippen MR) is 107 cm³/mol. The molecule has 0 saturated heterocycles. The summed E-state index contributed by atoms with van der Waals surface area (Å²) in [6.07, 6.45) is 2.38. The van der Waals surface area contributed by atoms with Gasteiger partial charge in [-0.25, -0.2) is 0 Å². The number of aryl methyl sites for hydroxylation is 3. The highest BCUT2D eigenvalue weighted by atomic mass is 15.2. The van der Waals surface area contributed by atoms with Crippen molar-refractivity contribution in [2.75, 3.05) is 0 Å². The molecular weight excluding hydrogens is 302 g/mol. The average molecular weight is 329 g/mol. The quantitative estimate of drug-likeness (QED) is 0.585. The van der Waals surface area contributed by atoms with E-state index >= 15 is 0 Å². The molecule has 0 aromatic heterocycles. The fourth-order valence-electron chi connectivity index (χ4n) is 4.02. The molecule has 0 saturated carbocycles. The lowest BCUT2D eigenvalue weighted by Gasteiger charge is -2.24. The van der Waals surface area contributed by atoms with Gasteiger partial charge in [0.1, 0.15) is 0 Å². The second kappa shape index (κ2) is 6.65. The summed E-state index contributed by atoms with van der Waals surface area (Å²) in [5.41, 5.74) is 7.31. The largest absolute Gasteiger partial charge is 0.292 e. The molecule has 4 rings (SSSR count). The molecule has 0 fully saturated rings. The van der Waals surface area contributed by atoms with Gasteiger partial charge in [-0.3, -0.25) is 4.90 Å². The molecule has 1 nitrogen and oxygen atoms in total. The molecule has 0 aliphatic carbocycles. The van der Waals surface area contributed by atoms with E-state index in [1.54, 1.807) is 0 Å². The molecule has 0 bridgehead atoms. The standard InChI is InChI=1S/C24H27N/c1-17-8-10-20(14-18(17)2)11-9-19(3)25-15-22-13-12-21-6-4-5-7-23(21)24(22)16-25/h4-8,10,12-14,19H,9,11,15-16H2,1-3H3. The number of nitrogens with zero attached hydrogens (tertiary/aromatic N) is 1. The molecule has 1 aliphatic heterocycles. The first-order chi connectivity index (χ1) is 12.1. The molecule has 0 N–H and O–H groups in total. The highest BCUT2D eigenvalue weighted by Crippen LogP contribution is 2.32. The van der Waals surface area contributed by atoms with Crippen molar-refractivity contribution in [1.82, 2.24) is 4.90 Å². The normalized spacial score (nSPS) is 15.5. The Morgan fingerprint density at radius 1 is 0.920 bits per heavy atom. The third-order valence-electron chi connectivity index (χ3n) is 5.92. The van der Waals surface area contributed by atoms with E-state index in [0.717, 1.165) is 19.5 Å². The SMILES string of the molecule is Cc1ccc(CCC(C)N2Cc3ccc4ccccc4c3C2)cc1C. The van der Waals surface area contributed by atoms with Crippen molar-refractivity contribution in [2.45, 2.75) is 52.7 Å². The van der Waals surface area contributed by atoms with Gasteiger partial charge < -0.3 is 0 Å². The third kappa shape index (κ3) is 3.21. The molecule has 1 atom stereocenters. The minimum absolute atomic E-state index is 0.604. The zero-order chi connectivity index (χ0) is 17.4. The predicted octanol–water partition coefficient (Wildman–Crippen LogP) is 5.79. The minimum Gasteiger partial charge on any atom is -0.292 e. The molecule has 3 aromatic rings. The maximum absolute atomic E-state index is 2.64. The lowest BCUT2D eigenvalue weighted by atomic mass is 10.0. The Bertz CT molecular complexity index is 909. The molecule has 0 amide bonds. The highest BCUT2D eigenvalue weighted by Gasteiger charge is 2.24. The van der Waals surface area contributed by atoms with Gasteiger partial charge in [0.25, 0.3) is 0 Å². The first-order valence-corrected chi connectivity index (χ1v) is 9.41. The maximum atomic E-state index is 2.64. The van der Waals surface area contributed by atoms with Crippen LogP contribution in [0.4, 0.5) is 0 Å². The van der Waals surface area contributed by atoms with Crippen LogP contribution in [0.3, 0.4) is 0 Å². The molecule has 25 heavy (non-hydrogen) atoms. The number of hydrogen-bond donors (Lipinski definition) is 0. The van der Waals surface area contributed by atoms with Crippen LogP contribution in [0.15, 0.2) is 54.6 Å². The van der Waals surface area contributed by atoms with Crippen LogP contribution in [-0.4, -0.2) is 10.9 Å². The van der Waals surface area contributed by atoms with Gasteiger partial charge in [-0.2, -0.15) is 0 Å². The number of rotatable bonds is 4. The van der Waals surface area contributed by atoms with E-state index in [9.17, 15) is 0 Å². The van der Waals surface area contributed by atoms with Crippen LogP contribution in [-0.2, 0) is 19.5 Å². The van der Waals surface area contributed by atoms with Gasteiger partial charge in [-0.05, 0) is 72.2 Å². The van der Waals surface area contributed by atoms with Crippen LogP contribution in [0.1, 0.15) is 41.2 Å². The van der Waals surface area contributed by atoms with Crippen molar-refractivity contribution in [3.63, 3.8) is 0 Å². The van der Waals surface area contributed by atoms with E-state index in [0.29, 0.717) is 6.04 Å². The summed E-state index contributed by atoms with van der Waals surface area (Å²) in [4.78, 5) is 2.64. The first kappa shape index (κ1) is 16.4. The third-order valence-corrected chi connectivity index (χ3v) is 5.92. The topological polar surface area (TPSA) is 3.24 Å². The smallest absolute Gasteiger partial charge is 0.0249 e. The second-order valence-corrected chi connectivity index (χ2v) is 7.64. The van der Waals surface area contributed by atoms with Gasteiger partial charge in [0.15, 0.2) is 0 Å². The van der Waals surface area contributed by atoms with E-state index < -0.39 is 0 Å². The summed E-state index contributed by atoms with van der Waals surface area (Å²) >= 11 is 0. The van der Waals surface area contributed by atoms with Crippen LogP contribution >= 0.6 is 0 Å². The fraction of sp³-hybridized carbons (Fsp3) is 0.333. The Balaban J connectivity index is 1.46. The van der Waals surface area contributed by atoms with Crippen molar-refractivity contribution in [1.29, 1.82) is 0 Å².